The molecular weight excluding hydrogens is 501 g/mol. The number of nitrogens with zero attached hydrogens (tertiary/aromatic N) is 3. The molecule has 2 aromatic carbocycles. The molecule has 4 aromatic rings. The second-order valence-corrected chi connectivity index (χ2v) is 10.7. The minimum atomic E-state index is -3.54. The van der Waals surface area contributed by atoms with Gasteiger partial charge in [-0.15, -0.1) is 0 Å². The Hall–Kier alpha value is -3.86. The van der Waals surface area contributed by atoms with Crippen LogP contribution < -0.4 is 19.9 Å². The highest BCUT2D eigenvalue weighted by Gasteiger charge is 2.27. The van der Waals surface area contributed by atoms with Crippen molar-refractivity contribution in [3.8, 4) is 28.5 Å². The molecule has 0 radical (unpaired) electrons. The first kappa shape index (κ1) is 26.2. The van der Waals surface area contributed by atoms with E-state index in [0.29, 0.717) is 46.0 Å². The van der Waals surface area contributed by atoms with E-state index in [4.69, 9.17) is 14.2 Å². The fraction of sp³-hybridized carbons (Fsp3) is 0.308. The van der Waals surface area contributed by atoms with Crippen molar-refractivity contribution in [2.24, 2.45) is 7.05 Å². The van der Waals surface area contributed by atoms with Crippen LogP contribution in [0.4, 0.5) is 4.39 Å². The molecule has 37 heavy (non-hydrogen) atoms. The van der Waals surface area contributed by atoms with E-state index in [1.165, 1.54) is 41.6 Å². The van der Waals surface area contributed by atoms with Crippen molar-refractivity contribution in [2.45, 2.75) is 13.0 Å². The van der Waals surface area contributed by atoms with Gasteiger partial charge in [-0.3, -0.25) is 9.13 Å². The van der Waals surface area contributed by atoms with Gasteiger partial charge in [-0.2, -0.15) is 0 Å². The Labute approximate surface area is 214 Å². The zero-order valence-electron chi connectivity index (χ0n) is 21.2. The first-order valence-corrected chi connectivity index (χ1v) is 13.5. The molecule has 9 nitrogen and oxygen atoms in total. The van der Waals surface area contributed by atoms with Crippen LogP contribution in [-0.4, -0.2) is 55.4 Å². The quantitative estimate of drug-likeness (QED) is 0.327. The lowest BCUT2D eigenvalue weighted by atomic mass is 10.0. The van der Waals surface area contributed by atoms with Gasteiger partial charge in [0.2, 0.25) is 0 Å². The maximum absolute atomic E-state index is 14.0. The first-order chi connectivity index (χ1) is 17.6. The number of pyridine rings is 1. The van der Waals surface area contributed by atoms with Gasteiger partial charge in [-0.25, -0.2) is 22.6 Å². The maximum Gasteiger partial charge on any atom is 0.329 e. The third-order valence-corrected chi connectivity index (χ3v) is 6.94. The third-order valence-electron chi connectivity index (χ3n) is 6.02. The van der Waals surface area contributed by atoms with E-state index in [1.54, 1.807) is 44.3 Å². The summed E-state index contributed by atoms with van der Waals surface area (Å²) in [5.41, 5.74) is 2.09. The number of rotatable bonds is 9. The highest BCUT2D eigenvalue weighted by atomic mass is 32.2. The Kier molecular flexibility index (Phi) is 7.26. The summed E-state index contributed by atoms with van der Waals surface area (Å²) < 4.78 is 58.1. The number of hydrogen-bond donors (Lipinski definition) is 0. The molecule has 2 aromatic heterocycles. The molecular formula is C26H28FN3O6S. The molecule has 0 N–H and O–H groups in total. The largest absolute Gasteiger partial charge is 0.496 e. The number of benzene rings is 2. The summed E-state index contributed by atoms with van der Waals surface area (Å²) in [5.74, 6) is 0.283. The van der Waals surface area contributed by atoms with E-state index in [-0.39, 0.29) is 11.6 Å². The molecule has 0 spiro atoms. The van der Waals surface area contributed by atoms with Crippen LogP contribution in [0.5, 0.6) is 17.4 Å². The number of aryl methyl sites for hydroxylation is 1. The molecule has 196 valence electrons. The summed E-state index contributed by atoms with van der Waals surface area (Å²) in [6.45, 7) is 2.12. The van der Waals surface area contributed by atoms with Gasteiger partial charge in [0, 0.05) is 18.9 Å². The SMILES string of the molecule is CCOc1nc([C@@H](CS(C)(=O)=O)n2c(=O)n(C)c3cc(-c4cc(F)ccc4OC)ccc32)ccc1OC. The molecule has 0 amide bonds. The van der Waals surface area contributed by atoms with Crippen molar-refractivity contribution in [3.63, 3.8) is 0 Å². The van der Waals surface area contributed by atoms with E-state index in [2.05, 4.69) is 4.98 Å². The van der Waals surface area contributed by atoms with Crippen LogP contribution in [0.3, 0.4) is 0 Å². The normalized spacial score (nSPS) is 12.5. The number of fused-ring (bicyclic) bond motifs is 1. The minimum Gasteiger partial charge on any atom is -0.496 e. The monoisotopic (exact) mass is 529 g/mol. The summed E-state index contributed by atoms with van der Waals surface area (Å²) in [7, 11) is 1.03. The van der Waals surface area contributed by atoms with Crippen LogP contribution in [0.25, 0.3) is 22.2 Å². The molecule has 0 aliphatic carbocycles. The lowest BCUT2D eigenvalue weighted by molar-refractivity contribution is 0.296. The number of methoxy groups -OCH3 is 2. The number of hydrogen-bond acceptors (Lipinski definition) is 7. The van der Waals surface area contributed by atoms with Gasteiger partial charge in [0.25, 0.3) is 5.88 Å². The van der Waals surface area contributed by atoms with Gasteiger partial charge in [0.15, 0.2) is 5.75 Å². The lowest BCUT2D eigenvalue weighted by Gasteiger charge is -2.19. The van der Waals surface area contributed by atoms with Crippen LogP contribution in [0.2, 0.25) is 0 Å². The smallest absolute Gasteiger partial charge is 0.329 e. The lowest BCUT2D eigenvalue weighted by Crippen LogP contribution is -2.31. The van der Waals surface area contributed by atoms with Gasteiger partial charge < -0.3 is 14.2 Å². The van der Waals surface area contributed by atoms with E-state index < -0.39 is 27.4 Å². The van der Waals surface area contributed by atoms with Crippen molar-refractivity contribution in [1.29, 1.82) is 0 Å². The van der Waals surface area contributed by atoms with Gasteiger partial charge in [-0.1, -0.05) is 6.07 Å². The zero-order valence-corrected chi connectivity index (χ0v) is 22.0. The van der Waals surface area contributed by atoms with E-state index in [1.807, 2.05) is 0 Å². The zero-order chi connectivity index (χ0) is 26.9. The Morgan fingerprint density at radius 3 is 2.35 bits per heavy atom. The Morgan fingerprint density at radius 1 is 1.00 bits per heavy atom. The average Bonchev–Trinajstić information content (AvgIpc) is 3.11. The van der Waals surface area contributed by atoms with Gasteiger partial charge >= 0.3 is 5.69 Å². The molecule has 11 heteroatoms. The summed E-state index contributed by atoms with van der Waals surface area (Å²) in [6, 6.07) is 11.7. The molecule has 0 unspecified atom stereocenters. The molecule has 2 heterocycles. The molecule has 0 fully saturated rings. The van der Waals surface area contributed by atoms with E-state index in [9.17, 15) is 17.6 Å². The third kappa shape index (κ3) is 5.17. The number of imidazole rings is 1. The fourth-order valence-electron chi connectivity index (χ4n) is 4.34. The van der Waals surface area contributed by atoms with E-state index >= 15 is 0 Å². The maximum atomic E-state index is 14.0. The summed E-state index contributed by atoms with van der Waals surface area (Å²) in [6.07, 6.45) is 1.11. The Morgan fingerprint density at radius 2 is 1.70 bits per heavy atom. The van der Waals surface area contributed by atoms with E-state index in [0.717, 1.165) is 6.26 Å². The van der Waals surface area contributed by atoms with Crippen molar-refractivity contribution in [1.82, 2.24) is 14.1 Å². The molecule has 1 atom stereocenters. The predicted molar refractivity (Wildman–Crippen MR) is 139 cm³/mol. The Balaban J connectivity index is 1.94. The second kappa shape index (κ2) is 10.3. The standard InChI is InChI=1S/C26H28FN3O6S/c1-6-36-25-24(35-4)12-9-19(28-25)22(15-37(5,32)33)30-20-10-7-16(13-21(20)29(2)26(30)31)18-14-17(27)8-11-23(18)34-3/h7-14,22H,6,15H2,1-5H3/t22-/m1/s1. The highest BCUT2D eigenvalue weighted by molar-refractivity contribution is 7.90. The molecule has 0 aliphatic rings. The fourth-order valence-corrected chi connectivity index (χ4v) is 5.23. The summed E-state index contributed by atoms with van der Waals surface area (Å²) in [4.78, 5) is 18.0. The van der Waals surface area contributed by atoms with Gasteiger partial charge in [0.1, 0.15) is 21.4 Å². The van der Waals surface area contributed by atoms with Crippen LogP contribution in [0.1, 0.15) is 18.7 Å². The van der Waals surface area contributed by atoms with Gasteiger partial charge in [-0.05, 0) is 55.0 Å². The number of ether oxygens (including phenoxy) is 3. The van der Waals surface area contributed by atoms with Crippen LogP contribution >= 0.6 is 0 Å². The van der Waals surface area contributed by atoms with Gasteiger partial charge in [0.05, 0.1) is 49.3 Å². The number of aromatic nitrogens is 3. The molecule has 0 saturated carbocycles. The highest BCUT2D eigenvalue weighted by Crippen LogP contribution is 2.34. The molecule has 0 saturated heterocycles. The predicted octanol–water partition coefficient (Wildman–Crippen LogP) is 3.59. The van der Waals surface area contributed by atoms with Crippen LogP contribution in [0.15, 0.2) is 53.3 Å². The molecule has 4 rings (SSSR count). The number of sulfone groups is 1. The number of halogens is 1. The second-order valence-electron chi connectivity index (χ2n) is 8.54. The Bertz CT molecular complexity index is 1630. The minimum absolute atomic E-state index is 0.203. The topological polar surface area (TPSA) is 102 Å². The van der Waals surface area contributed by atoms with Crippen molar-refractivity contribution in [3.05, 3.63) is 70.5 Å². The summed E-state index contributed by atoms with van der Waals surface area (Å²) >= 11 is 0. The van der Waals surface area contributed by atoms with Crippen molar-refractivity contribution in [2.75, 3.05) is 32.8 Å². The van der Waals surface area contributed by atoms with Crippen molar-refractivity contribution >= 4 is 20.9 Å². The van der Waals surface area contributed by atoms with Crippen LogP contribution in [-0.2, 0) is 16.9 Å². The first-order valence-electron chi connectivity index (χ1n) is 11.5. The average molecular weight is 530 g/mol. The van der Waals surface area contributed by atoms with Crippen molar-refractivity contribution < 1.29 is 27.0 Å². The van der Waals surface area contributed by atoms with Crippen LogP contribution in [0, 0.1) is 5.82 Å². The summed E-state index contributed by atoms with van der Waals surface area (Å²) in [5, 5.41) is 0. The molecule has 0 bridgehead atoms. The molecule has 0 aliphatic heterocycles.